The number of carbonyl (C=O) groups is 2. The van der Waals surface area contributed by atoms with Crippen molar-refractivity contribution in [3.05, 3.63) is 78.4 Å². The number of oxazole rings is 1. The summed E-state index contributed by atoms with van der Waals surface area (Å²) in [5.74, 6) is -1.05. The van der Waals surface area contributed by atoms with Gasteiger partial charge in [0.2, 0.25) is 15.9 Å². The van der Waals surface area contributed by atoms with E-state index in [9.17, 15) is 18.0 Å². The molecule has 4 rings (SSSR count). The highest BCUT2D eigenvalue weighted by Gasteiger charge is 2.23. The number of anilines is 1. The van der Waals surface area contributed by atoms with E-state index in [4.69, 9.17) is 14.3 Å². The van der Waals surface area contributed by atoms with Crippen molar-refractivity contribution in [2.75, 3.05) is 5.32 Å². The maximum absolute atomic E-state index is 12.8. The predicted octanol–water partition coefficient (Wildman–Crippen LogP) is 3.33. The Morgan fingerprint density at radius 3 is 2.36 bits per heavy atom. The topological polar surface area (TPSA) is 142 Å². The summed E-state index contributed by atoms with van der Waals surface area (Å²) in [7, 11) is -3.84. The smallest absolute Gasteiger partial charge is 0.339 e. The number of nitrogens with zero attached hydrogens (tertiary/aromatic N) is 1. The minimum absolute atomic E-state index is 0.0872. The quantitative estimate of drug-likeness (QED) is 0.416. The van der Waals surface area contributed by atoms with Crippen molar-refractivity contribution in [2.24, 2.45) is 5.14 Å². The van der Waals surface area contributed by atoms with E-state index in [1.807, 2.05) is 12.1 Å². The predicted molar refractivity (Wildman–Crippen MR) is 121 cm³/mol. The lowest BCUT2D eigenvalue weighted by atomic mass is 10.1. The van der Waals surface area contributed by atoms with E-state index in [1.54, 1.807) is 36.4 Å². The molecular formula is C23H19N3O6S. The summed E-state index contributed by atoms with van der Waals surface area (Å²) in [6.07, 6.45) is -1.13. The first-order chi connectivity index (χ1) is 15.7. The second-order valence-corrected chi connectivity index (χ2v) is 8.70. The summed E-state index contributed by atoms with van der Waals surface area (Å²) in [5.41, 5.74) is 2.18. The van der Waals surface area contributed by atoms with Gasteiger partial charge in [-0.15, -0.1) is 0 Å². The van der Waals surface area contributed by atoms with Crippen molar-refractivity contribution < 1.29 is 27.2 Å². The highest BCUT2D eigenvalue weighted by atomic mass is 32.2. The fourth-order valence-electron chi connectivity index (χ4n) is 3.08. The van der Waals surface area contributed by atoms with Gasteiger partial charge in [0.15, 0.2) is 11.7 Å². The summed E-state index contributed by atoms with van der Waals surface area (Å²) in [6, 6.07) is 19.2. The Morgan fingerprint density at radius 2 is 1.67 bits per heavy atom. The number of esters is 1. The van der Waals surface area contributed by atoms with Crippen LogP contribution in [0.3, 0.4) is 0 Å². The van der Waals surface area contributed by atoms with E-state index >= 15 is 0 Å². The molecule has 10 heteroatoms. The van der Waals surface area contributed by atoms with Gasteiger partial charge in [0.05, 0.1) is 16.0 Å². The molecule has 0 spiro atoms. The molecule has 0 radical (unpaired) electrons. The molecule has 0 saturated carbocycles. The van der Waals surface area contributed by atoms with Gasteiger partial charge in [0.25, 0.3) is 5.91 Å². The Bertz CT molecular complexity index is 1410. The summed E-state index contributed by atoms with van der Waals surface area (Å²) in [4.78, 5) is 29.6. The van der Waals surface area contributed by atoms with Gasteiger partial charge in [-0.25, -0.2) is 23.3 Å². The lowest BCUT2D eigenvalue weighted by Crippen LogP contribution is -2.30. The Hall–Kier alpha value is -4.02. The van der Waals surface area contributed by atoms with Crippen LogP contribution in [0.4, 0.5) is 5.69 Å². The summed E-state index contributed by atoms with van der Waals surface area (Å²) < 4.78 is 33.8. The average molecular weight is 465 g/mol. The van der Waals surface area contributed by atoms with Gasteiger partial charge in [0, 0.05) is 5.69 Å². The van der Waals surface area contributed by atoms with Crippen molar-refractivity contribution >= 4 is 38.7 Å². The second-order valence-electron chi connectivity index (χ2n) is 7.14. The standard InChI is InChI=1S/C23H19N3O6S/c1-14(21(27)25-15-10-12-16(13-11-15)33(24,29)30)31-23(28)18-7-3-2-6-17(18)22-26-19-8-4-5-9-20(19)32-22/h2-14H,1H3,(H,25,27)(H2,24,29,30). The third-order valence-electron chi connectivity index (χ3n) is 4.77. The average Bonchev–Trinajstić information content (AvgIpc) is 3.23. The van der Waals surface area contributed by atoms with Gasteiger partial charge in [-0.3, -0.25) is 4.79 Å². The molecule has 1 unspecified atom stereocenters. The van der Waals surface area contributed by atoms with E-state index in [-0.39, 0.29) is 16.3 Å². The number of primary sulfonamides is 1. The molecule has 9 nitrogen and oxygen atoms in total. The lowest BCUT2D eigenvalue weighted by molar-refractivity contribution is -0.123. The van der Waals surface area contributed by atoms with Crippen LogP contribution in [0.1, 0.15) is 17.3 Å². The number of nitrogens with one attached hydrogen (secondary N) is 1. The fraction of sp³-hybridized carbons (Fsp3) is 0.0870. The molecular weight excluding hydrogens is 446 g/mol. The zero-order valence-corrected chi connectivity index (χ0v) is 18.2. The fourth-order valence-corrected chi connectivity index (χ4v) is 3.60. The molecule has 4 aromatic rings. The molecule has 0 aliphatic carbocycles. The van der Waals surface area contributed by atoms with Crippen LogP contribution >= 0.6 is 0 Å². The van der Waals surface area contributed by atoms with E-state index in [1.165, 1.54) is 31.2 Å². The molecule has 0 aliphatic rings. The van der Waals surface area contributed by atoms with Crippen molar-refractivity contribution in [1.82, 2.24) is 4.98 Å². The first-order valence-electron chi connectivity index (χ1n) is 9.82. The summed E-state index contributed by atoms with van der Waals surface area (Å²) >= 11 is 0. The molecule has 0 bridgehead atoms. The molecule has 0 saturated heterocycles. The Labute approximate surface area is 189 Å². The van der Waals surface area contributed by atoms with Crippen molar-refractivity contribution in [2.45, 2.75) is 17.9 Å². The number of hydrogen-bond acceptors (Lipinski definition) is 7. The second kappa shape index (κ2) is 8.85. The molecule has 0 fully saturated rings. The minimum atomic E-state index is -3.84. The van der Waals surface area contributed by atoms with Gasteiger partial charge in [-0.2, -0.15) is 0 Å². The SMILES string of the molecule is CC(OC(=O)c1ccccc1-c1nc2ccccc2o1)C(=O)Nc1ccc(S(N)(=O)=O)cc1. The Morgan fingerprint density at radius 1 is 1.00 bits per heavy atom. The van der Waals surface area contributed by atoms with Gasteiger partial charge >= 0.3 is 5.97 Å². The number of ether oxygens (including phenoxy) is 1. The largest absolute Gasteiger partial charge is 0.449 e. The number of rotatable bonds is 6. The molecule has 3 N–H and O–H groups in total. The number of amides is 1. The minimum Gasteiger partial charge on any atom is -0.449 e. The normalized spacial score (nSPS) is 12.3. The molecule has 1 aromatic heterocycles. The monoisotopic (exact) mass is 465 g/mol. The third-order valence-corrected chi connectivity index (χ3v) is 5.70. The van der Waals surface area contributed by atoms with Crippen LogP contribution < -0.4 is 10.5 Å². The van der Waals surface area contributed by atoms with Crippen LogP contribution in [0, 0.1) is 0 Å². The summed E-state index contributed by atoms with van der Waals surface area (Å²) in [6.45, 7) is 1.42. The van der Waals surface area contributed by atoms with Crippen LogP contribution in [-0.2, 0) is 19.6 Å². The van der Waals surface area contributed by atoms with Crippen LogP contribution in [-0.4, -0.2) is 31.4 Å². The number of hydrogen-bond donors (Lipinski definition) is 2. The van der Waals surface area contributed by atoms with Gasteiger partial charge in [-0.05, 0) is 55.5 Å². The molecule has 168 valence electrons. The Kier molecular flexibility index (Phi) is 5.95. The number of aromatic nitrogens is 1. The van der Waals surface area contributed by atoms with Crippen LogP contribution in [0.25, 0.3) is 22.6 Å². The first-order valence-corrected chi connectivity index (χ1v) is 11.4. The van der Waals surface area contributed by atoms with Crippen molar-refractivity contribution in [1.29, 1.82) is 0 Å². The van der Waals surface area contributed by atoms with Crippen LogP contribution in [0.5, 0.6) is 0 Å². The number of carbonyl (C=O) groups excluding carboxylic acids is 2. The number of fused-ring (bicyclic) bond motifs is 1. The van der Waals surface area contributed by atoms with E-state index in [0.29, 0.717) is 22.4 Å². The zero-order chi connectivity index (χ0) is 23.6. The number of benzene rings is 3. The van der Waals surface area contributed by atoms with Crippen LogP contribution in [0.2, 0.25) is 0 Å². The van der Waals surface area contributed by atoms with E-state index < -0.39 is 28.0 Å². The van der Waals surface area contributed by atoms with Gasteiger partial charge in [-0.1, -0.05) is 24.3 Å². The van der Waals surface area contributed by atoms with Gasteiger partial charge < -0.3 is 14.5 Å². The third kappa shape index (κ3) is 4.92. The molecule has 1 heterocycles. The molecule has 1 amide bonds. The highest BCUT2D eigenvalue weighted by molar-refractivity contribution is 7.89. The summed E-state index contributed by atoms with van der Waals surface area (Å²) in [5, 5.41) is 7.62. The zero-order valence-electron chi connectivity index (χ0n) is 17.4. The first kappa shape index (κ1) is 22.2. The number of para-hydroxylation sites is 2. The number of nitrogens with two attached hydrogens (primary N) is 1. The molecule has 3 aromatic carbocycles. The number of sulfonamides is 1. The highest BCUT2D eigenvalue weighted by Crippen LogP contribution is 2.27. The Balaban J connectivity index is 1.48. The van der Waals surface area contributed by atoms with Gasteiger partial charge in [0.1, 0.15) is 5.52 Å². The van der Waals surface area contributed by atoms with E-state index in [2.05, 4.69) is 10.3 Å². The lowest BCUT2D eigenvalue weighted by Gasteiger charge is -2.14. The molecule has 0 aliphatic heterocycles. The van der Waals surface area contributed by atoms with E-state index in [0.717, 1.165) is 0 Å². The maximum Gasteiger partial charge on any atom is 0.339 e. The van der Waals surface area contributed by atoms with Crippen LogP contribution in [0.15, 0.2) is 82.1 Å². The maximum atomic E-state index is 12.8. The molecule has 33 heavy (non-hydrogen) atoms. The van der Waals surface area contributed by atoms with Crippen molar-refractivity contribution in [3.8, 4) is 11.5 Å². The van der Waals surface area contributed by atoms with Crippen molar-refractivity contribution in [3.63, 3.8) is 0 Å². The molecule has 1 atom stereocenters.